The van der Waals surface area contributed by atoms with E-state index in [1.807, 2.05) is 24.3 Å². The molecule has 0 unspecified atom stereocenters. The number of carbonyl (C=O) groups is 2. The summed E-state index contributed by atoms with van der Waals surface area (Å²) in [7, 11) is 2.87. The molecule has 1 aliphatic rings. The maximum Gasteiger partial charge on any atom is 0.348 e. The summed E-state index contributed by atoms with van der Waals surface area (Å²) in [6.45, 7) is 4.59. The quantitative estimate of drug-likeness (QED) is 0.0568. The van der Waals surface area contributed by atoms with Crippen molar-refractivity contribution in [3.63, 3.8) is 0 Å². The minimum atomic E-state index is -0.285. The Kier molecular flexibility index (Phi) is 14.0. The fourth-order valence-corrected chi connectivity index (χ4v) is 12.5. The van der Waals surface area contributed by atoms with Crippen molar-refractivity contribution in [2.75, 3.05) is 14.2 Å². The molecular formula is C49H54O4S4. The summed E-state index contributed by atoms with van der Waals surface area (Å²) in [5, 5.41) is 0. The van der Waals surface area contributed by atoms with E-state index in [2.05, 4.69) is 74.5 Å². The average Bonchev–Trinajstić information content (AvgIpc) is 4.10. The molecule has 0 saturated carbocycles. The molecule has 4 heterocycles. The predicted octanol–water partition coefficient (Wildman–Crippen LogP) is 15.9. The number of methoxy groups -OCH3 is 2. The van der Waals surface area contributed by atoms with Gasteiger partial charge in [-0.3, -0.25) is 0 Å². The Balaban J connectivity index is 1.26. The maximum atomic E-state index is 12.2. The minimum Gasteiger partial charge on any atom is -0.465 e. The van der Waals surface area contributed by atoms with Crippen molar-refractivity contribution >= 4 is 57.3 Å². The van der Waals surface area contributed by atoms with E-state index in [9.17, 15) is 9.59 Å². The Morgan fingerprint density at radius 3 is 1.25 bits per heavy atom. The third-order valence-corrected chi connectivity index (χ3v) is 16.3. The molecule has 0 saturated heterocycles. The molecule has 57 heavy (non-hydrogen) atoms. The number of unbranched alkanes of at least 4 members (excludes halogenated alkanes) is 10. The molecule has 4 nitrogen and oxygen atoms in total. The van der Waals surface area contributed by atoms with Gasteiger partial charge in [-0.05, 0) is 107 Å². The van der Waals surface area contributed by atoms with E-state index in [1.165, 1.54) is 167 Å². The van der Waals surface area contributed by atoms with Crippen LogP contribution in [0.15, 0.2) is 84.9 Å². The van der Waals surface area contributed by atoms with E-state index in [-0.39, 0.29) is 17.4 Å². The minimum absolute atomic E-state index is 0.0568. The fraction of sp³-hybridized carbons (Fsp3) is 0.388. The first-order valence-electron chi connectivity index (χ1n) is 20.8. The molecule has 0 radical (unpaired) electrons. The highest BCUT2D eigenvalue weighted by molar-refractivity contribution is 7.25. The van der Waals surface area contributed by atoms with Crippen molar-refractivity contribution < 1.29 is 19.1 Å². The van der Waals surface area contributed by atoms with Crippen LogP contribution in [0.5, 0.6) is 0 Å². The number of carbonyl (C=O) groups excluding carboxylic acids is 2. The van der Waals surface area contributed by atoms with Gasteiger partial charge in [-0.15, -0.1) is 45.3 Å². The van der Waals surface area contributed by atoms with Crippen LogP contribution in [0, 0.1) is 0 Å². The molecule has 7 rings (SSSR count). The first-order chi connectivity index (χ1) is 27.9. The van der Waals surface area contributed by atoms with Crippen LogP contribution in [-0.4, -0.2) is 26.2 Å². The lowest BCUT2D eigenvalue weighted by atomic mass is 9.70. The van der Waals surface area contributed by atoms with Crippen LogP contribution >= 0.6 is 45.3 Å². The second kappa shape index (κ2) is 19.3. The standard InChI is InChI=1S/C49H54O4S4/c1-5-7-9-11-13-15-29-49(30-16-14-12-10-8-6-2)37-31-33(39-21-23-41(54-39)43-25-27-45(56-43)47(50)52-3)17-19-35(37)36-20-18-34(32-38(36)49)40-22-24-42(55-40)44-26-28-46(57-44)48(51)53-4/h17-28,31-32H,5-16,29-30H2,1-4H3. The average molecular weight is 835 g/mol. The van der Waals surface area contributed by atoms with Gasteiger partial charge in [0.25, 0.3) is 0 Å². The number of hydrogen-bond donors (Lipinski definition) is 0. The molecule has 8 heteroatoms. The molecular weight excluding hydrogens is 781 g/mol. The van der Waals surface area contributed by atoms with Crippen molar-refractivity contribution in [2.24, 2.45) is 0 Å². The highest BCUT2D eigenvalue weighted by atomic mass is 32.1. The number of esters is 2. The lowest BCUT2D eigenvalue weighted by molar-refractivity contribution is 0.0597. The fourth-order valence-electron chi connectivity index (χ4n) is 8.49. The third kappa shape index (κ3) is 9.10. The van der Waals surface area contributed by atoms with Gasteiger partial charge in [0.2, 0.25) is 0 Å². The van der Waals surface area contributed by atoms with Gasteiger partial charge in [-0.2, -0.15) is 0 Å². The van der Waals surface area contributed by atoms with Crippen molar-refractivity contribution in [1.29, 1.82) is 0 Å². The maximum absolute atomic E-state index is 12.2. The van der Waals surface area contributed by atoms with Crippen LogP contribution < -0.4 is 0 Å². The zero-order chi connectivity index (χ0) is 39.8. The number of ether oxygens (including phenoxy) is 2. The number of rotatable bonds is 20. The molecule has 2 aromatic carbocycles. The molecule has 1 aliphatic carbocycles. The summed E-state index contributed by atoms with van der Waals surface area (Å²) in [6.07, 6.45) is 17.7. The molecule has 0 N–H and O–H groups in total. The van der Waals surface area contributed by atoms with Gasteiger partial charge in [0.05, 0.1) is 14.2 Å². The van der Waals surface area contributed by atoms with Gasteiger partial charge in [0.15, 0.2) is 0 Å². The number of benzene rings is 2. The summed E-state index contributed by atoms with van der Waals surface area (Å²) < 4.78 is 9.96. The Morgan fingerprint density at radius 2 is 0.825 bits per heavy atom. The lowest BCUT2D eigenvalue weighted by Crippen LogP contribution is -2.25. The zero-order valence-electron chi connectivity index (χ0n) is 33.7. The van der Waals surface area contributed by atoms with Gasteiger partial charge >= 0.3 is 11.9 Å². The van der Waals surface area contributed by atoms with Crippen molar-refractivity contribution in [2.45, 2.75) is 109 Å². The number of hydrogen-bond acceptors (Lipinski definition) is 8. The second-order valence-corrected chi connectivity index (χ2v) is 19.6. The third-order valence-electron chi connectivity index (χ3n) is 11.5. The summed E-state index contributed by atoms with van der Waals surface area (Å²) in [5.74, 6) is -0.569. The first kappa shape index (κ1) is 41.3. The normalized spacial score (nSPS) is 12.8. The van der Waals surface area contributed by atoms with E-state index in [0.29, 0.717) is 9.75 Å². The van der Waals surface area contributed by atoms with Gasteiger partial charge in [0, 0.05) is 34.7 Å². The van der Waals surface area contributed by atoms with Gasteiger partial charge < -0.3 is 9.47 Å². The van der Waals surface area contributed by atoms with Crippen molar-refractivity contribution in [3.05, 3.63) is 106 Å². The number of thiophene rings is 4. The molecule has 4 aromatic heterocycles. The van der Waals surface area contributed by atoms with E-state index in [4.69, 9.17) is 9.47 Å². The van der Waals surface area contributed by atoms with Gasteiger partial charge in [-0.25, -0.2) is 9.59 Å². The van der Waals surface area contributed by atoms with Gasteiger partial charge in [0.1, 0.15) is 9.75 Å². The predicted molar refractivity (Wildman–Crippen MR) is 245 cm³/mol. The molecule has 0 spiro atoms. The van der Waals surface area contributed by atoms with E-state index >= 15 is 0 Å². The molecule has 0 fully saturated rings. The molecule has 298 valence electrons. The van der Waals surface area contributed by atoms with Crippen LogP contribution in [0.4, 0.5) is 0 Å². The van der Waals surface area contributed by atoms with Crippen molar-refractivity contribution in [1.82, 2.24) is 0 Å². The molecule has 0 bridgehead atoms. The largest absolute Gasteiger partial charge is 0.465 e. The smallest absolute Gasteiger partial charge is 0.348 e. The Bertz CT molecular complexity index is 2120. The van der Waals surface area contributed by atoms with Crippen molar-refractivity contribution in [3.8, 4) is 51.5 Å². The lowest BCUT2D eigenvalue weighted by Gasteiger charge is -2.33. The Morgan fingerprint density at radius 1 is 0.456 bits per heavy atom. The van der Waals surface area contributed by atoms with Crippen LogP contribution in [-0.2, 0) is 14.9 Å². The molecule has 0 atom stereocenters. The SMILES string of the molecule is CCCCCCCCC1(CCCCCCCC)c2cc(-c3ccc(-c4ccc(C(=O)OC)s4)s3)ccc2-c2ccc(-c3ccc(-c4ccc(C(=O)OC)s4)s3)cc21. The summed E-state index contributed by atoms with van der Waals surface area (Å²) in [6, 6.07) is 31.2. The van der Waals surface area contributed by atoms with E-state index < -0.39 is 0 Å². The van der Waals surface area contributed by atoms with Crippen LogP contribution in [0.1, 0.15) is 134 Å². The van der Waals surface area contributed by atoms with E-state index in [0.717, 1.165) is 22.6 Å². The highest BCUT2D eigenvalue weighted by Crippen LogP contribution is 2.56. The zero-order valence-corrected chi connectivity index (χ0v) is 37.0. The van der Waals surface area contributed by atoms with Crippen LogP contribution in [0.3, 0.4) is 0 Å². The first-order valence-corrected chi connectivity index (χ1v) is 24.0. The van der Waals surface area contributed by atoms with Gasteiger partial charge in [-0.1, -0.05) is 115 Å². The summed E-state index contributed by atoms with van der Waals surface area (Å²) in [5.41, 5.74) is 8.24. The highest BCUT2D eigenvalue weighted by Gasteiger charge is 2.42. The van der Waals surface area contributed by atoms with Crippen LogP contribution in [0.2, 0.25) is 0 Å². The van der Waals surface area contributed by atoms with Crippen LogP contribution in [0.25, 0.3) is 51.5 Å². The monoisotopic (exact) mass is 834 g/mol. The molecule has 0 aliphatic heterocycles. The number of fused-ring (bicyclic) bond motifs is 3. The Hall–Kier alpha value is -3.82. The molecule has 0 amide bonds. The van der Waals surface area contributed by atoms with E-state index in [1.54, 1.807) is 22.7 Å². The Labute approximate surface area is 354 Å². The second-order valence-electron chi connectivity index (χ2n) is 15.3. The topological polar surface area (TPSA) is 52.6 Å². The molecule has 6 aromatic rings. The summed E-state index contributed by atoms with van der Waals surface area (Å²) in [4.78, 5) is 32.7. The summed E-state index contributed by atoms with van der Waals surface area (Å²) >= 11 is 6.58.